The molecule has 1 unspecified atom stereocenters. The molecule has 0 saturated heterocycles. The van der Waals surface area contributed by atoms with Crippen LogP contribution in [0.2, 0.25) is 0 Å². The van der Waals surface area contributed by atoms with Crippen LogP contribution in [0, 0.1) is 12.7 Å². The lowest BCUT2D eigenvalue weighted by molar-refractivity contribution is 0.0253. The van der Waals surface area contributed by atoms with Gasteiger partial charge in [0, 0.05) is 29.6 Å². The Morgan fingerprint density at radius 2 is 1.81 bits per heavy atom. The van der Waals surface area contributed by atoms with Gasteiger partial charge in [-0.3, -0.25) is 0 Å². The van der Waals surface area contributed by atoms with Crippen LogP contribution in [-0.2, 0) is 11.8 Å². The molecule has 0 fully saturated rings. The SMILES string of the molecule is COc1ccc(F)cc1C(C)(C)CC(O)(CNc1ccc2c(=O)onc(C)c2c1)Cc1ccccc1. The molecule has 1 heterocycles. The van der Waals surface area contributed by atoms with Crippen LogP contribution in [-0.4, -0.2) is 29.5 Å². The number of halogens is 1. The average molecular weight is 491 g/mol. The number of ether oxygens (including phenoxy) is 1. The molecule has 3 aromatic carbocycles. The second-order valence-corrected chi connectivity index (χ2v) is 9.96. The lowest BCUT2D eigenvalue weighted by Gasteiger charge is -2.38. The van der Waals surface area contributed by atoms with Crippen LogP contribution in [0.25, 0.3) is 10.8 Å². The number of hydrogen-bond acceptors (Lipinski definition) is 6. The van der Waals surface area contributed by atoms with E-state index >= 15 is 0 Å². The molecule has 36 heavy (non-hydrogen) atoms. The fraction of sp³-hybridized carbons (Fsp3) is 0.310. The van der Waals surface area contributed by atoms with Crippen LogP contribution < -0.4 is 15.7 Å². The van der Waals surface area contributed by atoms with Crippen molar-refractivity contribution in [1.82, 2.24) is 5.16 Å². The third-order valence-electron chi connectivity index (χ3n) is 6.55. The van der Waals surface area contributed by atoms with Gasteiger partial charge in [-0.05, 0) is 60.7 Å². The van der Waals surface area contributed by atoms with E-state index in [2.05, 4.69) is 10.5 Å². The number of benzene rings is 3. The molecule has 4 rings (SSSR count). The molecule has 1 aromatic heterocycles. The summed E-state index contributed by atoms with van der Waals surface area (Å²) in [7, 11) is 1.56. The van der Waals surface area contributed by atoms with Gasteiger partial charge < -0.3 is 19.7 Å². The van der Waals surface area contributed by atoms with Gasteiger partial charge in [0.05, 0.1) is 23.8 Å². The van der Waals surface area contributed by atoms with Crippen LogP contribution in [0.1, 0.15) is 37.1 Å². The zero-order valence-electron chi connectivity index (χ0n) is 21.0. The smallest absolute Gasteiger partial charge is 0.366 e. The summed E-state index contributed by atoms with van der Waals surface area (Å²) in [5.41, 5.74) is 0.726. The first-order valence-corrected chi connectivity index (χ1v) is 11.8. The first-order valence-electron chi connectivity index (χ1n) is 11.8. The molecule has 0 saturated carbocycles. The molecule has 0 aliphatic heterocycles. The van der Waals surface area contributed by atoms with Gasteiger partial charge in [-0.25, -0.2) is 9.18 Å². The van der Waals surface area contributed by atoms with Crippen molar-refractivity contribution in [1.29, 1.82) is 0 Å². The summed E-state index contributed by atoms with van der Waals surface area (Å²) in [6.45, 7) is 5.95. The molecule has 7 heteroatoms. The van der Waals surface area contributed by atoms with Gasteiger partial charge in [-0.1, -0.05) is 49.3 Å². The normalized spacial score (nSPS) is 13.4. The topological polar surface area (TPSA) is 84.6 Å². The summed E-state index contributed by atoms with van der Waals surface area (Å²) < 4.78 is 24.5. The molecule has 0 radical (unpaired) electrons. The van der Waals surface area contributed by atoms with Gasteiger partial charge >= 0.3 is 5.63 Å². The highest BCUT2D eigenvalue weighted by Gasteiger charge is 2.37. The lowest BCUT2D eigenvalue weighted by Crippen LogP contribution is -2.44. The number of aryl methyl sites for hydroxylation is 1. The highest BCUT2D eigenvalue weighted by Crippen LogP contribution is 2.39. The van der Waals surface area contributed by atoms with E-state index in [0.29, 0.717) is 40.6 Å². The number of nitrogens with one attached hydrogen (secondary N) is 1. The maximum absolute atomic E-state index is 14.2. The number of methoxy groups -OCH3 is 1. The maximum Gasteiger partial charge on any atom is 0.366 e. The predicted molar refractivity (Wildman–Crippen MR) is 139 cm³/mol. The fourth-order valence-electron chi connectivity index (χ4n) is 4.90. The fourth-order valence-corrected chi connectivity index (χ4v) is 4.90. The minimum atomic E-state index is -1.19. The first-order chi connectivity index (χ1) is 17.1. The molecule has 188 valence electrons. The van der Waals surface area contributed by atoms with Crippen LogP contribution in [0.15, 0.2) is 76.0 Å². The van der Waals surface area contributed by atoms with Gasteiger partial charge in [0.1, 0.15) is 11.6 Å². The molecule has 0 spiro atoms. The monoisotopic (exact) mass is 490 g/mol. The van der Waals surface area contributed by atoms with Crippen molar-refractivity contribution < 1.29 is 18.8 Å². The number of aliphatic hydroxyl groups is 1. The number of nitrogens with zero attached hydrogens (tertiary/aromatic N) is 1. The Kier molecular flexibility index (Phi) is 7.13. The highest BCUT2D eigenvalue weighted by molar-refractivity contribution is 5.86. The molecular formula is C29H31FN2O4. The van der Waals surface area contributed by atoms with E-state index < -0.39 is 16.6 Å². The highest BCUT2D eigenvalue weighted by atomic mass is 19.1. The van der Waals surface area contributed by atoms with E-state index in [4.69, 9.17) is 9.26 Å². The summed E-state index contributed by atoms with van der Waals surface area (Å²) in [6, 6.07) is 19.5. The molecular weight excluding hydrogens is 459 g/mol. The third kappa shape index (κ3) is 5.57. The predicted octanol–water partition coefficient (Wildman–Crippen LogP) is 5.40. The van der Waals surface area contributed by atoms with Crippen LogP contribution in [0.4, 0.5) is 10.1 Å². The maximum atomic E-state index is 14.2. The summed E-state index contributed by atoms with van der Waals surface area (Å²) >= 11 is 0. The van der Waals surface area contributed by atoms with Crippen molar-refractivity contribution in [3.05, 3.63) is 99.8 Å². The second-order valence-electron chi connectivity index (χ2n) is 9.96. The van der Waals surface area contributed by atoms with Gasteiger partial charge in [0.25, 0.3) is 0 Å². The Hall–Kier alpha value is -3.71. The quantitative estimate of drug-likeness (QED) is 0.327. The molecule has 6 nitrogen and oxygen atoms in total. The van der Waals surface area contributed by atoms with E-state index in [1.54, 1.807) is 32.2 Å². The molecule has 1 atom stereocenters. The molecule has 4 aromatic rings. The number of aromatic nitrogens is 1. The summed E-state index contributed by atoms with van der Waals surface area (Å²) in [4.78, 5) is 12.0. The van der Waals surface area contributed by atoms with Crippen LogP contribution >= 0.6 is 0 Å². The Balaban J connectivity index is 1.66. The minimum absolute atomic E-state index is 0.225. The Labute approximate surface area is 209 Å². The van der Waals surface area contributed by atoms with Crippen molar-refractivity contribution in [2.75, 3.05) is 19.0 Å². The third-order valence-corrected chi connectivity index (χ3v) is 6.55. The first kappa shape index (κ1) is 25.4. The Morgan fingerprint density at radius 1 is 1.06 bits per heavy atom. The van der Waals surface area contributed by atoms with Gasteiger partial charge in [-0.15, -0.1) is 0 Å². The molecule has 0 amide bonds. The number of rotatable bonds is 9. The van der Waals surface area contributed by atoms with Crippen molar-refractivity contribution in [2.24, 2.45) is 0 Å². The molecule has 0 aliphatic rings. The minimum Gasteiger partial charge on any atom is -0.496 e. The zero-order chi connectivity index (χ0) is 25.9. The van der Waals surface area contributed by atoms with Crippen molar-refractivity contribution in [2.45, 2.75) is 44.6 Å². The van der Waals surface area contributed by atoms with Crippen molar-refractivity contribution >= 4 is 16.5 Å². The molecule has 0 aliphatic carbocycles. The zero-order valence-corrected chi connectivity index (χ0v) is 21.0. The van der Waals surface area contributed by atoms with E-state index in [1.807, 2.05) is 50.2 Å². The van der Waals surface area contributed by atoms with Crippen molar-refractivity contribution in [3.63, 3.8) is 0 Å². The van der Waals surface area contributed by atoms with Crippen molar-refractivity contribution in [3.8, 4) is 5.75 Å². The van der Waals surface area contributed by atoms with Gasteiger partial charge in [-0.2, -0.15) is 0 Å². The van der Waals surface area contributed by atoms with Crippen LogP contribution in [0.3, 0.4) is 0 Å². The second kappa shape index (κ2) is 10.1. The summed E-state index contributed by atoms with van der Waals surface area (Å²) in [6.07, 6.45) is 0.721. The molecule has 2 N–H and O–H groups in total. The van der Waals surface area contributed by atoms with E-state index in [1.165, 1.54) is 12.1 Å². The van der Waals surface area contributed by atoms with E-state index in [0.717, 1.165) is 11.3 Å². The van der Waals surface area contributed by atoms with E-state index in [9.17, 15) is 14.3 Å². The Bertz CT molecular complexity index is 1420. The number of anilines is 1. The van der Waals surface area contributed by atoms with Gasteiger partial charge in [0.2, 0.25) is 0 Å². The summed E-state index contributed by atoms with van der Waals surface area (Å²) in [5.74, 6) is 0.223. The van der Waals surface area contributed by atoms with E-state index in [-0.39, 0.29) is 12.4 Å². The van der Waals surface area contributed by atoms with Crippen LogP contribution in [0.5, 0.6) is 5.75 Å². The Morgan fingerprint density at radius 3 is 2.53 bits per heavy atom. The lowest BCUT2D eigenvalue weighted by atomic mass is 9.73. The standard InChI is InChI=1S/C29H31FN2O4/c1-19-24-15-22(11-12-23(24)27(33)36-32-19)31-18-29(34,16-20-8-6-5-7-9-20)17-28(2,3)25-14-21(30)10-13-26(25)35-4/h5-15,31,34H,16-18H2,1-4H3. The average Bonchev–Trinajstić information content (AvgIpc) is 2.85. The molecule has 0 bridgehead atoms. The summed E-state index contributed by atoms with van der Waals surface area (Å²) in [5, 5.41) is 20.3. The van der Waals surface area contributed by atoms with Gasteiger partial charge in [0.15, 0.2) is 0 Å². The number of hydrogen-bond donors (Lipinski definition) is 2. The number of fused-ring (bicyclic) bond motifs is 1. The largest absolute Gasteiger partial charge is 0.496 e.